The Morgan fingerprint density at radius 1 is 0.424 bits per heavy atom. The van der Waals surface area contributed by atoms with E-state index in [9.17, 15) is 0 Å². The number of rotatable bonds is 4. The minimum Gasteiger partial charge on any atom is -0.253 e. The van der Waals surface area contributed by atoms with Gasteiger partial charge in [-0.25, -0.2) is 4.63 Å². The fraction of sp³-hybridized carbons (Fsp3) is 0. The summed E-state index contributed by atoms with van der Waals surface area (Å²) < 4.78 is 5.14. The van der Waals surface area contributed by atoms with Crippen LogP contribution in [0.25, 0.3) is 55.7 Å². The fourth-order valence-electron chi connectivity index (χ4n) is 4.12. The van der Waals surface area contributed by atoms with Crippen molar-refractivity contribution in [3.05, 3.63) is 115 Å². The van der Waals surface area contributed by atoms with E-state index in [1.807, 2.05) is 42.6 Å². The fourth-order valence-corrected chi connectivity index (χ4v) is 4.12. The van der Waals surface area contributed by atoms with Crippen LogP contribution >= 0.6 is 0 Å². The van der Waals surface area contributed by atoms with Crippen LogP contribution in [0.4, 0.5) is 0 Å². The molecular formula is C29H19N3O. The first-order chi connectivity index (χ1) is 16.4. The lowest BCUT2D eigenvalue weighted by Gasteiger charge is -2.08. The maximum absolute atomic E-state index is 5.14. The Kier molecular flexibility index (Phi) is 4.74. The highest BCUT2D eigenvalue weighted by atomic mass is 16.6. The standard InChI is InChI=1S/C29H19N3O/c1-3-7-20(8-4-1)22-11-15-24(16-12-22)26-19-30-27(29-28(26)31-33-32-29)25-17-13-23(14-18-25)21-9-5-2-6-10-21/h1-19H. The smallest absolute Gasteiger partial charge is 0.162 e. The summed E-state index contributed by atoms with van der Waals surface area (Å²) in [7, 11) is 0. The summed E-state index contributed by atoms with van der Waals surface area (Å²) >= 11 is 0. The molecular weight excluding hydrogens is 406 g/mol. The van der Waals surface area contributed by atoms with Crippen LogP contribution in [0, 0.1) is 0 Å². The molecule has 0 radical (unpaired) electrons. The second kappa shape index (κ2) is 8.17. The maximum Gasteiger partial charge on any atom is 0.162 e. The third kappa shape index (κ3) is 3.58. The molecule has 6 aromatic rings. The van der Waals surface area contributed by atoms with Gasteiger partial charge in [-0.2, -0.15) is 0 Å². The molecule has 0 aliphatic rings. The Morgan fingerprint density at radius 3 is 1.45 bits per heavy atom. The van der Waals surface area contributed by atoms with Crippen LogP contribution in [0.2, 0.25) is 0 Å². The summed E-state index contributed by atoms with van der Waals surface area (Å²) in [5.41, 5.74) is 9.71. The molecule has 4 heteroatoms. The van der Waals surface area contributed by atoms with E-state index in [0.29, 0.717) is 11.0 Å². The summed E-state index contributed by atoms with van der Waals surface area (Å²) in [4.78, 5) is 4.75. The first-order valence-corrected chi connectivity index (χ1v) is 10.8. The van der Waals surface area contributed by atoms with Gasteiger partial charge in [-0.1, -0.05) is 109 Å². The molecule has 0 saturated carbocycles. The van der Waals surface area contributed by atoms with Crippen molar-refractivity contribution in [2.45, 2.75) is 0 Å². The minimum absolute atomic E-state index is 0.659. The second-order valence-electron chi connectivity index (χ2n) is 7.87. The molecule has 0 atom stereocenters. The molecule has 0 bridgehead atoms. The number of nitrogens with zero attached hydrogens (tertiary/aromatic N) is 3. The van der Waals surface area contributed by atoms with Gasteiger partial charge >= 0.3 is 0 Å². The van der Waals surface area contributed by atoms with Crippen molar-refractivity contribution >= 4 is 11.0 Å². The molecule has 2 aromatic heterocycles. The maximum atomic E-state index is 5.14. The van der Waals surface area contributed by atoms with E-state index in [1.165, 1.54) is 11.1 Å². The predicted octanol–water partition coefficient (Wildman–Crippen LogP) is 7.29. The second-order valence-corrected chi connectivity index (χ2v) is 7.87. The predicted molar refractivity (Wildman–Crippen MR) is 131 cm³/mol. The molecule has 2 heterocycles. The van der Waals surface area contributed by atoms with Crippen LogP contribution in [0.15, 0.2) is 120 Å². The molecule has 0 fully saturated rings. The molecule has 0 aliphatic heterocycles. The number of pyridine rings is 1. The van der Waals surface area contributed by atoms with Gasteiger partial charge in [-0.05, 0) is 38.1 Å². The lowest BCUT2D eigenvalue weighted by atomic mass is 9.99. The van der Waals surface area contributed by atoms with Crippen molar-refractivity contribution in [1.29, 1.82) is 0 Å². The Balaban J connectivity index is 1.36. The van der Waals surface area contributed by atoms with Gasteiger partial charge in [0.1, 0.15) is 11.2 Å². The largest absolute Gasteiger partial charge is 0.253 e. The van der Waals surface area contributed by atoms with Gasteiger partial charge in [0, 0.05) is 17.3 Å². The summed E-state index contributed by atoms with van der Waals surface area (Å²) in [6.45, 7) is 0. The zero-order chi connectivity index (χ0) is 22.0. The summed E-state index contributed by atoms with van der Waals surface area (Å²) in [5.74, 6) is 0. The Bertz CT molecular complexity index is 1410. The van der Waals surface area contributed by atoms with Crippen LogP contribution in [-0.4, -0.2) is 15.3 Å². The van der Waals surface area contributed by atoms with E-state index in [1.54, 1.807) is 0 Å². The number of fused-ring (bicyclic) bond motifs is 1. The highest BCUT2D eigenvalue weighted by Gasteiger charge is 2.16. The minimum atomic E-state index is 0.659. The monoisotopic (exact) mass is 425 g/mol. The SMILES string of the molecule is c1ccc(-c2ccc(-c3cnc(-c4ccc(-c5ccccc5)cc4)c4nonc34)cc2)cc1. The number of hydrogen-bond acceptors (Lipinski definition) is 4. The highest BCUT2D eigenvalue weighted by molar-refractivity contribution is 5.98. The van der Waals surface area contributed by atoms with Crippen molar-refractivity contribution in [3.63, 3.8) is 0 Å². The van der Waals surface area contributed by atoms with Crippen LogP contribution in [0.1, 0.15) is 0 Å². The molecule has 0 aliphatic carbocycles. The molecule has 0 saturated heterocycles. The molecule has 6 rings (SSSR count). The zero-order valence-corrected chi connectivity index (χ0v) is 17.7. The van der Waals surface area contributed by atoms with Crippen LogP contribution in [-0.2, 0) is 0 Å². The molecule has 0 N–H and O–H groups in total. The van der Waals surface area contributed by atoms with Gasteiger partial charge in [0.2, 0.25) is 0 Å². The first-order valence-electron chi connectivity index (χ1n) is 10.8. The van der Waals surface area contributed by atoms with Crippen molar-refractivity contribution in [2.75, 3.05) is 0 Å². The third-order valence-corrected chi connectivity index (χ3v) is 5.86. The van der Waals surface area contributed by atoms with Gasteiger partial charge in [0.15, 0.2) is 5.52 Å². The molecule has 0 unspecified atom stereocenters. The Labute approximate surface area is 191 Å². The number of aromatic nitrogens is 3. The molecule has 0 spiro atoms. The van der Waals surface area contributed by atoms with Crippen LogP contribution < -0.4 is 0 Å². The Hall–Kier alpha value is -4.57. The van der Waals surface area contributed by atoms with Gasteiger partial charge < -0.3 is 0 Å². The van der Waals surface area contributed by atoms with Crippen molar-refractivity contribution in [1.82, 2.24) is 15.3 Å². The quantitative estimate of drug-likeness (QED) is 0.298. The van der Waals surface area contributed by atoms with Crippen molar-refractivity contribution in [2.24, 2.45) is 0 Å². The van der Waals surface area contributed by atoms with Gasteiger partial charge in [0.25, 0.3) is 0 Å². The summed E-state index contributed by atoms with van der Waals surface area (Å²) in [6.07, 6.45) is 1.85. The topological polar surface area (TPSA) is 51.8 Å². The molecule has 33 heavy (non-hydrogen) atoms. The normalized spacial score (nSPS) is 11.0. The van der Waals surface area contributed by atoms with E-state index in [0.717, 1.165) is 33.5 Å². The van der Waals surface area contributed by atoms with E-state index >= 15 is 0 Å². The van der Waals surface area contributed by atoms with Crippen LogP contribution in [0.5, 0.6) is 0 Å². The van der Waals surface area contributed by atoms with Crippen molar-refractivity contribution < 1.29 is 4.63 Å². The lowest BCUT2D eigenvalue weighted by molar-refractivity contribution is 0.315. The molecule has 4 nitrogen and oxygen atoms in total. The van der Waals surface area contributed by atoms with Gasteiger partial charge in [-0.3, -0.25) is 4.98 Å². The highest BCUT2D eigenvalue weighted by Crippen LogP contribution is 2.33. The van der Waals surface area contributed by atoms with E-state index in [-0.39, 0.29) is 0 Å². The summed E-state index contributed by atoms with van der Waals surface area (Å²) in [6, 6.07) is 37.3. The molecule has 0 amide bonds. The first kappa shape index (κ1) is 19.1. The molecule has 156 valence electrons. The zero-order valence-electron chi connectivity index (χ0n) is 17.7. The van der Waals surface area contributed by atoms with Crippen molar-refractivity contribution in [3.8, 4) is 44.6 Å². The van der Waals surface area contributed by atoms with Crippen LogP contribution in [0.3, 0.4) is 0 Å². The average Bonchev–Trinajstić information content (AvgIpc) is 3.40. The average molecular weight is 425 g/mol. The summed E-state index contributed by atoms with van der Waals surface area (Å²) in [5, 5.41) is 8.38. The third-order valence-electron chi connectivity index (χ3n) is 5.86. The van der Waals surface area contributed by atoms with Gasteiger partial charge in [-0.15, -0.1) is 0 Å². The van der Waals surface area contributed by atoms with Gasteiger partial charge in [0.05, 0.1) is 0 Å². The van der Waals surface area contributed by atoms with E-state index < -0.39 is 0 Å². The van der Waals surface area contributed by atoms with E-state index in [4.69, 9.17) is 9.61 Å². The number of benzene rings is 4. The number of hydrogen-bond donors (Lipinski definition) is 0. The van der Waals surface area contributed by atoms with E-state index in [2.05, 4.69) is 83.1 Å². The lowest BCUT2D eigenvalue weighted by Crippen LogP contribution is -1.90. The Morgan fingerprint density at radius 2 is 0.879 bits per heavy atom. The molecule has 4 aromatic carbocycles.